The number of carbonyl (C=O) groups excluding carboxylic acids is 1. The summed E-state index contributed by atoms with van der Waals surface area (Å²) in [5, 5.41) is 9.85. The Balaban J connectivity index is 1.67. The molecule has 1 heterocycles. The van der Waals surface area contributed by atoms with Crippen molar-refractivity contribution in [1.29, 1.82) is 0 Å². The minimum absolute atomic E-state index is 0.158. The van der Waals surface area contributed by atoms with Gasteiger partial charge in [0.15, 0.2) is 5.69 Å². The van der Waals surface area contributed by atoms with Crippen molar-refractivity contribution in [1.82, 2.24) is 15.5 Å². The van der Waals surface area contributed by atoms with Gasteiger partial charge in [0.25, 0.3) is 5.91 Å². The molecule has 0 spiro atoms. The molecule has 1 fully saturated rings. The van der Waals surface area contributed by atoms with E-state index in [1.807, 2.05) is 11.8 Å². The third kappa shape index (κ3) is 4.16. The first-order chi connectivity index (χ1) is 9.74. The number of nitrogens with two attached hydrogens (primary N) is 1. The van der Waals surface area contributed by atoms with Crippen LogP contribution in [0, 0.1) is 0 Å². The van der Waals surface area contributed by atoms with Crippen LogP contribution in [0.25, 0.3) is 0 Å². The second-order valence-corrected chi connectivity index (χ2v) is 6.32. The number of aromatic amines is 1. The zero-order valence-electron chi connectivity index (χ0n) is 12.1. The molecule has 112 valence electrons. The predicted molar refractivity (Wildman–Crippen MR) is 84.2 cm³/mol. The number of H-pyrrole nitrogens is 1. The number of aromatic nitrogens is 2. The minimum atomic E-state index is -0.158. The molecular formula is C14H24N4OS. The van der Waals surface area contributed by atoms with Crippen LogP contribution in [-0.4, -0.2) is 34.7 Å². The number of hydrogen-bond acceptors (Lipinski definition) is 4. The lowest BCUT2D eigenvalue weighted by molar-refractivity contribution is 0.0949. The summed E-state index contributed by atoms with van der Waals surface area (Å²) in [7, 11) is 0. The number of nitrogens with one attached hydrogen (secondary N) is 2. The summed E-state index contributed by atoms with van der Waals surface area (Å²) >= 11 is 1.88. The lowest BCUT2D eigenvalue weighted by atomic mass is 10.2. The normalized spacial score (nSPS) is 14.4. The fourth-order valence-corrected chi connectivity index (χ4v) is 2.72. The lowest BCUT2D eigenvalue weighted by Crippen LogP contribution is -2.25. The number of rotatable bonds is 9. The highest BCUT2D eigenvalue weighted by Crippen LogP contribution is 2.42. The van der Waals surface area contributed by atoms with Crippen molar-refractivity contribution in [3.05, 3.63) is 11.4 Å². The Morgan fingerprint density at radius 3 is 2.85 bits per heavy atom. The van der Waals surface area contributed by atoms with Crippen LogP contribution in [0.15, 0.2) is 0 Å². The highest BCUT2D eigenvalue weighted by Gasteiger charge is 2.30. The quantitative estimate of drug-likeness (QED) is 0.611. The van der Waals surface area contributed by atoms with Gasteiger partial charge in [0.1, 0.15) is 0 Å². The Kier molecular flexibility index (Phi) is 5.76. The zero-order valence-corrected chi connectivity index (χ0v) is 12.9. The van der Waals surface area contributed by atoms with Crippen LogP contribution in [0.1, 0.15) is 60.6 Å². The van der Waals surface area contributed by atoms with E-state index < -0.39 is 0 Å². The molecule has 0 radical (unpaired) electrons. The van der Waals surface area contributed by atoms with Gasteiger partial charge in [-0.25, -0.2) is 0 Å². The number of amides is 1. The maximum atomic E-state index is 12.0. The molecule has 20 heavy (non-hydrogen) atoms. The molecule has 1 amide bonds. The third-order valence-corrected chi connectivity index (χ3v) is 4.29. The summed E-state index contributed by atoms with van der Waals surface area (Å²) in [6.07, 6.45) is 9.07. The van der Waals surface area contributed by atoms with Crippen LogP contribution in [0.3, 0.4) is 0 Å². The van der Waals surface area contributed by atoms with Crippen molar-refractivity contribution in [2.75, 3.05) is 24.3 Å². The number of anilines is 1. The molecule has 0 aromatic carbocycles. The standard InChI is InChI=1S/C14H24N4OS/c1-20-9-5-3-2-4-8-16-14(19)13-11(15)12(17-18-13)10-6-7-10/h10H,2-9,15H2,1H3,(H,16,19)(H,17,18). The van der Waals surface area contributed by atoms with Gasteiger partial charge < -0.3 is 11.1 Å². The molecule has 0 saturated heterocycles. The summed E-state index contributed by atoms with van der Waals surface area (Å²) < 4.78 is 0. The van der Waals surface area contributed by atoms with Crippen molar-refractivity contribution >= 4 is 23.4 Å². The first kappa shape index (κ1) is 15.2. The van der Waals surface area contributed by atoms with Crippen LogP contribution in [0.2, 0.25) is 0 Å². The Hall–Kier alpha value is -1.17. The topological polar surface area (TPSA) is 83.8 Å². The van der Waals surface area contributed by atoms with Crippen molar-refractivity contribution in [2.45, 2.75) is 44.4 Å². The van der Waals surface area contributed by atoms with Crippen molar-refractivity contribution in [3.63, 3.8) is 0 Å². The summed E-state index contributed by atoms with van der Waals surface area (Å²) in [4.78, 5) is 12.0. The molecule has 0 aliphatic heterocycles. The average molecular weight is 296 g/mol. The molecule has 1 aromatic rings. The number of nitrogens with zero attached hydrogens (tertiary/aromatic N) is 1. The fraction of sp³-hybridized carbons (Fsp3) is 0.714. The molecule has 2 rings (SSSR count). The Morgan fingerprint density at radius 2 is 2.15 bits per heavy atom. The van der Waals surface area contributed by atoms with E-state index in [0.717, 1.165) is 31.4 Å². The van der Waals surface area contributed by atoms with Crippen LogP contribution in [0.4, 0.5) is 5.69 Å². The Morgan fingerprint density at radius 1 is 1.40 bits per heavy atom. The van der Waals surface area contributed by atoms with Gasteiger partial charge in [-0.05, 0) is 37.7 Å². The zero-order chi connectivity index (χ0) is 14.4. The molecule has 0 bridgehead atoms. The van der Waals surface area contributed by atoms with E-state index in [1.165, 1.54) is 18.6 Å². The number of hydrogen-bond donors (Lipinski definition) is 3. The van der Waals surface area contributed by atoms with E-state index in [2.05, 4.69) is 21.8 Å². The molecule has 5 nitrogen and oxygen atoms in total. The smallest absolute Gasteiger partial charge is 0.273 e. The van der Waals surface area contributed by atoms with Gasteiger partial charge in [0.05, 0.1) is 11.4 Å². The van der Waals surface area contributed by atoms with Crippen molar-refractivity contribution in [3.8, 4) is 0 Å². The average Bonchev–Trinajstić information content (AvgIpc) is 3.21. The van der Waals surface area contributed by atoms with Gasteiger partial charge in [-0.15, -0.1) is 0 Å². The summed E-state index contributed by atoms with van der Waals surface area (Å²) in [5.74, 6) is 1.55. The van der Waals surface area contributed by atoms with Crippen LogP contribution in [-0.2, 0) is 0 Å². The van der Waals surface area contributed by atoms with Gasteiger partial charge >= 0.3 is 0 Å². The van der Waals surface area contributed by atoms with E-state index in [1.54, 1.807) is 0 Å². The second-order valence-electron chi connectivity index (χ2n) is 5.34. The molecule has 1 aliphatic rings. The van der Waals surface area contributed by atoms with Crippen molar-refractivity contribution in [2.24, 2.45) is 0 Å². The van der Waals surface area contributed by atoms with E-state index in [9.17, 15) is 4.79 Å². The van der Waals surface area contributed by atoms with Gasteiger partial charge in [0.2, 0.25) is 0 Å². The monoisotopic (exact) mass is 296 g/mol. The van der Waals surface area contributed by atoms with E-state index in [0.29, 0.717) is 23.8 Å². The van der Waals surface area contributed by atoms with E-state index in [4.69, 9.17) is 5.73 Å². The lowest BCUT2D eigenvalue weighted by Gasteiger charge is -2.04. The predicted octanol–water partition coefficient (Wildman–Crippen LogP) is 2.52. The maximum Gasteiger partial charge on any atom is 0.273 e. The Bertz CT molecular complexity index is 442. The molecule has 1 saturated carbocycles. The summed E-state index contributed by atoms with van der Waals surface area (Å²) in [6.45, 7) is 0.698. The highest BCUT2D eigenvalue weighted by atomic mass is 32.2. The van der Waals surface area contributed by atoms with Gasteiger partial charge in [-0.1, -0.05) is 12.8 Å². The van der Waals surface area contributed by atoms with E-state index in [-0.39, 0.29) is 5.91 Å². The largest absolute Gasteiger partial charge is 0.395 e. The minimum Gasteiger partial charge on any atom is -0.395 e. The highest BCUT2D eigenvalue weighted by molar-refractivity contribution is 7.98. The first-order valence-corrected chi connectivity index (χ1v) is 8.74. The SMILES string of the molecule is CSCCCCCCNC(=O)c1n[nH]c(C2CC2)c1N. The number of nitrogen functional groups attached to an aromatic ring is 1. The molecule has 6 heteroatoms. The number of unbranched alkanes of at least 4 members (excludes halogenated alkanes) is 3. The van der Waals surface area contributed by atoms with E-state index >= 15 is 0 Å². The maximum absolute atomic E-state index is 12.0. The summed E-state index contributed by atoms with van der Waals surface area (Å²) in [5.41, 5.74) is 7.80. The molecule has 0 unspecified atom stereocenters. The van der Waals surface area contributed by atoms with Crippen LogP contribution >= 0.6 is 11.8 Å². The number of carbonyl (C=O) groups is 1. The van der Waals surface area contributed by atoms with Gasteiger partial charge in [-0.3, -0.25) is 9.89 Å². The van der Waals surface area contributed by atoms with Crippen LogP contribution in [0.5, 0.6) is 0 Å². The second kappa shape index (κ2) is 7.57. The molecular weight excluding hydrogens is 272 g/mol. The molecule has 4 N–H and O–H groups in total. The van der Waals surface area contributed by atoms with Gasteiger partial charge in [0, 0.05) is 12.5 Å². The summed E-state index contributed by atoms with van der Waals surface area (Å²) in [6, 6.07) is 0. The number of thioether (sulfide) groups is 1. The Labute approximate surface area is 124 Å². The fourth-order valence-electron chi connectivity index (χ4n) is 2.23. The molecule has 1 aromatic heterocycles. The third-order valence-electron chi connectivity index (χ3n) is 3.59. The molecule has 0 atom stereocenters. The van der Waals surface area contributed by atoms with Crippen LogP contribution < -0.4 is 11.1 Å². The first-order valence-electron chi connectivity index (χ1n) is 7.35. The molecule has 1 aliphatic carbocycles. The van der Waals surface area contributed by atoms with Crippen molar-refractivity contribution < 1.29 is 4.79 Å². The van der Waals surface area contributed by atoms with Gasteiger partial charge in [-0.2, -0.15) is 16.9 Å².